The van der Waals surface area contributed by atoms with E-state index >= 15 is 0 Å². The van der Waals surface area contributed by atoms with E-state index in [1.807, 2.05) is 24.1 Å². The molecule has 1 atom stereocenters. The first-order valence-corrected chi connectivity index (χ1v) is 5.60. The maximum Gasteiger partial charge on any atom is 0.0945 e. The minimum absolute atomic E-state index is 0.768. The van der Waals surface area contributed by atoms with Crippen LogP contribution in [0.4, 0.5) is 0 Å². The molecule has 1 aliphatic rings. The van der Waals surface area contributed by atoms with E-state index in [-0.39, 0.29) is 0 Å². The van der Waals surface area contributed by atoms with Gasteiger partial charge >= 0.3 is 0 Å². The van der Waals surface area contributed by atoms with Crippen LogP contribution < -0.4 is 5.32 Å². The average molecular weight is 209 g/mol. The first-order valence-electron chi connectivity index (χ1n) is 5.60. The van der Waals surface area contributed by atoms with Gasteiger partial charge in [0.25, 0.3) is 0 Å². The first-order chi connectivity index (χ1) is 7.36. The van der Waals surface area contributed by atoms with Crippen LogP contribution in [0.1, 0.15) is 18.5 Å². The van der Waals surface area contributed by atoms with Crippen LogP contribution in [0.3, 0.4) is 0 Å². The minimum atomic E-state index is 0.768. The van der Waals surface area contributed by atoms with Crippen molar-refractivity contribution in [3.05, 3.63) is 18.2 Å². The molecule has 4 heteroatoms. The SMILES string of the molecule is Cn1cncc1CNCCC1CCOC1. The van der Waals surface area contributed by atoms with Crippen LogP contribution in [0.25, 0.3) is 0 Å². The van der Waals surface area contributed by atoms with Gasteiger partial charge in [0.1, 0.15) is 0 Å². The maximum absolute atomic E-state index is 5.34. The number of hydrogen-bond acceptors (Lipinski definition) is 3. The Hall–Kier alpha value is -0.870. The van der Waals surface area contributed by atoms with E-state index in [4.69, 9.17) is 4.74 Å². The van der Waals surface area contributed by atoms with Crippen LogP contribution in [-0.4, -0.2) is 29.3 Å². The zero-order valence-corrected chi connectivity index (χ0v) is 9.28. The van der Waals surface area contributed by atoms with Crippen LogP contribution in [0.2, 0.25) is 0 Å². The fraction of sp³-hybridized carbons (Fsp3) is 0.727. The Morgan fingerprint density at radius 2 is 2.60 bits per heavy atom. The summed E-state index contributed by atoms with van der Waals surface area (Å²) in [6.07, 6.45) is 6.19. The molecule has 1 aliphatic heterocycles. The van der Waals surface area contributed by atoms with E-state index in [9.17, 15) is 0 Å². The topological polar surface area (TPSA) is 39.1 Å². The fourth-order valence-corrected chi connectivity index (χ4v) is 1.89. The van der Waals surface area contributed by atoms with Gasteiger partial charge in [0.2, 0.25) is 0 Å². The van der Waals surface area contributed by atoms with Gasteiger partial charge in [-0.3, -0.25) is 0 Å². The van der Waals surface area contributed by atoms with E-state index in [1.54, 1.807) is 0 Å². The van der Waals surface area contributed by atoms with Gasteiger partial charge in [-0.2, -0.15) is 0 Å². The van der Waals surface area contributed by atoms with Crippen molar-refractivity contribution in [3.63, 3.8) is 0 Å². The van der Waals surface area contributed by atoms with Crippen molar-refractivity contribution in [2.24, 2.45) is 13.0 Å². The molecule has 15 heavy (non-hydrogen) atoms. The zero-order chi connectivity index (χ0) is 10.5. The Kier molecular flexibility index (Phi) is 3.75. The summed E-state index contributed by atoms with van der Waals surface area (Å²) in [5, 5.41) is 3.44. The predicted octanol–water partition coefficient (Wildman–Crippen LogP) is 0.936. The second kappa shape index (κ2) is 5.28. The summed E-state index contributed by atoms with van der Waals surface area (Å²) >= 11 is 0. The lowest BCUT2D eigenvalue weighted by Gasteiger charge is -2.08. The number of ether oxygens (including phenoxy) is 1. The second-order valence-corrected chi connectivity index (χ2v) is 4.19. The number of aryl methyl sites for hydroxylation is 1. The van der Waals surface area contributed by atoms with Gasteiger partial charge in [-0.1, -0.05) is 0 Å². The molecule has 2 heterocycles. The Labute approximate surface area is 90.6 Å². The minimum Gasteiger partial charge on any atom is -0.381 e. The smallest absolute Gasteiger partial charge is 0.0945 e. The third kappa shape index (κ3) is 3.04. The number of nitrogens with one attached hydrogen (secondary N) is 1. The van der Waals surface area contributed by atoms with Gasteiger partial charge < -0.3 is 14.6 Å². The summed E-state index contributed by atoms with van der Waals surface area (Å²) in [4.78, 5) is 4.08. The van der Waals surface area contributed by atoms with Gasteiger partial charge in [0, 0.05) is 33.0 Å². The second-order valence-electron chi connectivity index (χ2n) is 4.19. The molecule has 1 fully saturated rings. The fourth-order valence-electron chi connectivity index (χ4n) is 1.89. The summed E-state index contributed by atoms with van der Waals surface area (Å²) in [5.74, 6) is 0.768. The highest BCUT2D eigenvalue weighted by molar-refractivity contribution is 4.96. The maximum atomic E-state index is 5.34. The number of hydrogen-bond donors (Lipinski definition) is 1. The van der Waals surface area contributed by atoms with Crippen molar-refractivity contribution < 1.29 is 4.74 Å². The summed E-state index contributed by atoms with van der Waals surface area (Å²) in [7, 11) is 2.02. The van der Waals surface area contributed by atoms with Gasteiger partial charge in [-0.05, 0) is 25.3 Å². The van der Waals surface area contributed by atoms with E-state index in [1.165, 1.54) is 18.5 Å². The van der Waals surface area contributed by atoms with Crippen molar-refractivity contribution in [1.82, 2.24) is 14.9 Å². The number of rotatable bonds is 5. The highest BCUT2D eigenvalue weighted by atomic mass is 16.5. The molecule has 0 spiro atoms. The molecular formula is C11H19N3O. The van der Waals surface area contributed by atoms with E-state index < -0.39 is 0 Å². The number of imidazole rings is 1. The lowest BCUT2D eigenvalue weighted by molar-refractivity contribution is 0.184. The molecule has 1 saturated heterocycles. The summed E-state index contributed by atoms with van der Waals surface area (Å²) < 4.78 is 7.38. The van der Waals surface area contributed by atoms with E-state index in [2.05, 4.69) is 10.3 Å². The number of nitrogens with zero attached hydrogens (tertiary/aromatic N) is 2. The van der Waals surface area contributed by atoms with Crippen LogP contribution in [0.5, 0.6) is 0 Å². The molecule has 1 aromatic rings. The summed E-state index contributed by atoms with van der Waals surface area (Å²) in [6.45, 7) is 3.88. The molecule has 0 bridgehead atoms. The highest BCUT2D eigenvalue weighted by Gasteiger charge is 2.14. The van der Waals surface area contributed by atoms with Crippen LogP contribution >= 0.6 is 0 Å². The lowest BCUT2D eigenvalue weighted by Crippen LogP contribution is -2.19. The molecule has 0 radical (unpaired) electrons. The van der Waals surface area contributed by atoms with Crippen molar-refractivity contribution in [2.45, 2.75) is 19.4 Å². The largest absolute Gasteiger partial charge is 0.381 e. The van der Waals surface area contributed by atoms with Crippen LogP contribution in [0.15, 0.2) is 12.5 Å². The van der Waals surface area contributed by atoms with Crippen molar-refractivity contribution in [3.8, 4) is 0 Å². The van der Waals surface area contributed by atoms with E-state index in [0.717, 1.165) is 32.2 Å². The number of aromatic nitrogens is 2. The molecule has 0 amide bonds. The van der Waals surface area contributed by atoms with Gasteiger partial charge in [-0.15, -0.1) is 0 Å². The molecule has 1 N–H and O–H groups in total. The Morgan fingerprint density at radius 3 is 3.27 bits per heavy atom. The molecular weight excluding hydrogens is 190 g/mol. The Bertz CT molecular complexity index is 292. The standard InChI is InChI=1S/C11H19N3O/c1-14-9-13-7-11(14)6-12-4-2-10-3-5-15-8-10/h7,9-10,12H,2-6,8H2,1H3. The molecule has 4 nitrogen and oxygen atoms in total. The monoisotopic (exact) mass is 209 g/mol. The third-order valence-electron chi connectivity index (χ3n) is 2.98. The van der Waals surface area contributed by atoms with Gasteiger partial charge in [-0.25, -0.2) is 4.98 Å². The Balaban J connectivity index is 1.60. The van der Waals surface area contributed by atoms with Crippen molar-refractivity contribution >= 4 is 0 Å². The first kappa shape index (κ1) is 10.6. The van der Waals surface area contributed by atoms with Crippen molar-refractivity contribution in [1.29, 1.82) is 0 Å². The van der Waals surface area contributed by atoms with E-state index in [0.29, 0.717) is 0 Å². The molecule has 2 rings (SSSR count). The normalized spacial score (nSPS) is 21.0. The summed E-state index contributed by atoms with van der Waals surface area (Å²) in [5.41, 5.74) is 1.23. The quantitative estimate of drug-likeness (QED) is 0.733. The van der Waals surface area contributed by atoms with Crippen LogP contribution in [0, 0.1) is 5.92 Å². The van der Waals surface area contributed by atoms with Crippen molar-refractivity contribution in [2.75, 3.05) is 19.8 Å². The van der Waals surface area contributed by atoms with Crippen LogP contribution in [-0.2, 0) is 18.3 Å². The third-order valence-corrected chi connectivity index (χ3v) is 2.98. The van der Waals surface area contributed by atoms with Gasteiger partial charge in [0.05, 0.1) is 12.0 Å². The molecule has 84 valence electrons. The highest BCUT2D eigenvalue weighted by Crippen LogP contribution is 2.15. The molecule has 1 unspecified atom stereocenters. The average Bonchev–Trinajstić information content (AvgIpc) is 2.85. The summed E-state index contributed by atoms with van der Waals surface area (Å²) in [6, 6.07) is 0. The Morgan fingerprint density at radius 1 is 1.67 bits per heavy atom. The lowest BCUT2D eigenvalue weighted by atomic mass is 10.1. The predicted molar refractivity (Wildman–Crippen MR) is 58.5 cm³/mol. The molecule has 0 aliphatic carbocycles. The molecule has 0 saturated carbocycles. The zero-order valence-electron chi connectivity index (χ0n) is 9.28. The molecule has 0 aromatic carbocycles. The van der Waals surface area contributed by atoms with Gasteiger partial charge in [0.15, 0.2) is 0 Å². The molecule has 1 aromatic heterocycles.